The first-order chi connectivity index (χ1) is 9.19. The zero-order valence-electron chi connectivity index (χ0n) is 13.4. The fourth-order valence-corrected chi connectivity index (χ4v) is 3.71. The van der Waals surface area contributed by atoms with Gasteiger partial charge in [0.25, 0.3) is 0 Å². The maximum atomic E-state index is 12.5. The predicted molar refractivity (Wildman–Crippen MR) is 85.1 cm³/mol. The van der Waals surface area contributed by atoms with Crippen molar-refractivity contribution >= 4 is 24.2 Å². The number of nitrogens with two attached hydrogens (primary N) is 1. The van der Waals surface area contributed by atoms with Crippen molar-refractivity contribution in [3.8, 4) is 0 Å². The van der Waals surface area contributed by atoms with Gasteiger partial charge in [-0.25, -0.2) is 0 Å². The van der Waals surface area contributed by atoms with Crippen LogP contribution in [0.1, 0.15) is 40.0 Å². The second-order valence-corrected chi connectivity index (χ2v) is 7.43. The summed E-state index contributed by atoms with van der Waals surface area (Å²) in [6.45, 7) is 5.90. The highest BCUT2D eigenvalue weighted by atomic mass is 35.5. The maximum absolute atomic E-state index is 12.5. The highest BCUT2D eigenvalue weighted by Crippen LogP contribution is 2.48. The Morgan fingerprint density at radius 3 is 2.29 bits per heavy atom. The highest BCUT2D eigenvalue weighted by molar-refractivity contribution is 5.86. The summed E-state index contributed by atoms with van der Waals surface area (Å²) in [4.78, 5) is 25.9. The summed E-state index contributed by atoms with van der Waals surface area (Å²) in [5, 5.41) is 2.88. The van der Waals surface area contributed by atoms with Gasteiger partial charge in [0.15, 0.2) is 0 Å². The standard InChI is InChI=1S/C15H27N3O2.ClH/c1-15(2,3)17-11(19)8-18(4)14(20)12-9-5-6-10(7-9)13(12)16;/h9-10,12-13H,5-8,16H2,1-4H3,(H,17,19);1H. The average Bonchev–Trinajstić information content (AvgIpc) is 2.85. The number of halogens is 1. The third kappa shape index (κ3) is 4.10. The van der Waals surface area contributed by atoms with Crippen LogP contribution in [0.4, 0.5) is 0 Å². The molecule has 0 aromatic rings. The molecule has 4 atom stereocenters. The summed E-state index contributed by atoms with van der Waals surface area (Å²) >= 11 is 0. The number of hydrogen-bond acceptors (Lipinski definition) is 3. The minimum Gasteiger partial charge on any atom is -0.350 e. The van der Waals surface area contributed by atoms with Crippen LogP contribution in [0.5, 0.6) is 0 Å². The van der Waals surface area contributed by atoms with Gasteiger partial charge < -0.3 is 16.0 Å². The molecular formula is C15H28ClN3O2. The summed E-state index contributed by atoms with van der Waals surface area (Å²) in [5.41, 5.74) is 5.91. The zero-order valence-corrected chi connectivity index (χ0v) is 14.2. The number of amides is 2. The van der Waals surface area contributed by atoms with E-state index in [4.69, 9.17) is 5.73 Å². The first-order valence-electron chi connectivity index (χ1n) is 7.50. The molecule has 3 N–H and O–H groups in total. The monoisotopic (exact) mass is 317 g/mol. The van der Waals surface area contributed by atoms with Gasteiger partial charge in [-0.1, -0.05) is 0 Å². The van der Waals surface area contributed by atoms with E-state index in [1.54, 1.807) is 7.05 Å². The summed E-state index contributed by atoms with van der Waals surface area (Å²) < 4.78 is 0. The molecule has 0 radical (unpaired) electrons. The molecule has 0 spiro atoms. The van der Waals surface area contributed by atoms with Crippen molar-refractivity contribution in [2.75, 3.05) is 13.6 Å². The Morgan fingerprint density at radius 2 is 1.81 bits per heavy atom. The van der Waals surface area contributed by atoms with Gasteiger partial charge in [0.1, 0.15) is 0 Å². The highest BCUT2D eigenvalue weighted by Gasteiger charge is 2.49. The van der Waals surface area contributed by atoms with E-state index in [0.29, 0.717) is 11.8 Å². The van der Waals surface area contributed by atoms with Gasteiger partial charge in [0.05, 0.1) is 12.5 Å². The predicted octanol–water partition coefficient (Wildman–Crippen LogP) is 1.15. The lowest BCUT2D eigenvalue weighted by atomic mass is 9.84. The van der Waals surface area contributed by atoms with Crippen molar-refractivity contribution in [1.29, 1.82) is 0 Å². The summed E-state index contributed by atoms with van der Waals surface area (Å²) in [6.07, 6.45) is 3.35. The second kappa shape index (κ2) is 6.53. The number of fused-ring (bicyclic) bond motifs is 2. The fraction of sp³-hybridized carbons (Fsp3) is 0.867. The van der Waals surface area contributed by atoms with E-state index in [1.807, 2.05) is 20.8 Å². The lowest BCUT2D eigenvalue weighted by Crippen LogP contribution is -2.50. The molecule has 2 rings (SSSR count). The van der Waals surface area contributed by atoms with Gasteiger partial charge >= 0.3 is 0 Å². The molecule has 2 fully saturated rings. The van der Waals surface area contributed by atoms with Crippen LogP contribution in [0.25, 0.3) is 0 Å². The van der Waals surface area contributed by atoms with Crippen LogP contribution in [-0.4, -0.2) is 41.9 Å². The quantitative estimate of drug-likeness (QED) is 0.820. The zero-order chi connectivity index (χ0) is 15.1. The number of rotatable bonds is 3. The Morgan fingerprint density at radius 1 is 1.24 bits per heavy atom. The van der Waals surface area contributed by atoms with Crippen LogP contribution < -0.4 is 11.1 Å². The van der Waals surface area contributed by atoms with Gasteiger partial charge in [-0.2, -0.15) is 0 Å². The lowest BCUT2D eigenvalue weighted by Gasteiger charge is -2.31. The Kier molecular flexibility index (Phi) is 5.67. The summed E-state index contributed by atoms with van der Waals surface area (Å²) in [5.74, 6) is 0.765. The van der Waals surface area contributed by atoms with Gasteiger partial charge in [-0.3, -0.25) is 9.59 Å². The van der Waals surface area contributed by atoms with E-state index in [1.165, 1.54) is 4.90 Å². The molecule has 5 nitrogen and oxygen atoms in total. The minimum absolute atomic E-state index is 0. The van der Waals surface area contributed by atoms with Crippen molar-refractivity contribution in [2.24, 2.45) is 23.5 Å². The van der Waals surface area contributed by atoms with Crippen molar-refractivity contribution < 1.29 is 9.59 Å². The summed E-state index contributed by atoms with van der Waals surface area (Å²) in [6, 6.07) is -0.0191. The van der Waals surface area contributed by atoms with Crippen molar-refractivity contribution in [1.82, 2.24) is 10.2 Å². The number of nitrogens with one attached hydrogen (secondary N) is 1. The SMILES string of the molecule is CN(CC(=O)NC(C)(C)C)C(=O)C1C2CCC(C2)C1N.Cl. The van der Waals surface area contributed by atoms with Gasteiger partial charge in [0, 0.05) is 18.6 Å². The molecule has 2 aliphatic carbocycles. The number of likely N-dealkylation sites (N-methyl/N-ethyl adjacent to an activating group) is 1. The molecular weight excluding hydrogens is 290 g/mol. The Labute approximate surface area is 133 Å². The largest absolute Gasteiger partial charge is 0.350 e. The molecule has 0 saturated heterocycles. The topological polar surface area (TPSA) is 75.4 Å². The van der Waals surface area contributed by atoms with Crippen molar-refractivity contribution in [2.45, 2.75) is 51.6 Å². The van der Waals surface area contributed by atoms with E-state index in [0.717, 1.165) is 19.3 Å². The molecule has 0 aromatic heterocycles. The van der Waals surface area contributed by atoms with Crippen LogP contribution in [0.3, 0.4) is 0 Å². The number of carbonyl (C=O) groups is 2. The van der Waals surface area contributed by atoms with Crippen LogP contribution in [-0.2, 0) is 9.59 Å². The molecule has 0 aromatic carbocycles. The lowest BCUT2D eigenvalue weighted by molar-refractivity contribution is -0.140. The van der Waals surface area contributed by atoms with Crippen LogP contribution in [0.2, 0.25) is 0 Å². The number of nitrogens with zero attached hydrogens (tertiary/aromatic N) is 1. The van der Waals surface area contributed by atoms with Crippen molar-refractivity contribution in [3.05, 3.63) is 0 Å². The summed E-state index contributed by atoms with van der Waals surface area (Å²) in [7, 11) is 1.70. The first-order valence-corrected chi connectivity index (χ1v) is 7.50. The maximum Gasteiger partial charge on any atom is 0.240 e. The van der Waals surface area contributed by atoms with Gasteiger partial charge in [-0.15, -0.1) is 12.4 Å². The van der Waals surface area contributed by atoms with Gasteiger partial charge in [-0.05, 0) is 51.9 Å². The minimum atomic E-state index is -0.274. The molecule has 0 heterocycles. The van der Waals surface area contributed by atoms with Crippen LogP contribution in [0.15, 0.2) is 0 Å². The average molecular weight is 318 g/mol. The molecule has 4 unspecified atom stereocenters. The smallest absolute Gasteiger partial charge is 0.240 e. The Balaban J connectivity index is 0.00000220. The molecule has 2 saturated carbocycles. The third-order valence-corrected chi connectivity index (χ3v) is 4.54. The second-order valence-electron chi connectivity index (χ2n) is 7.43. The first kappa shape index (κ1) is 18.2. The Hall–Kier alpha value is -0.810. The van der Waals surface area contributed by atoms with Crippen LogP contribution in [0, 0.1) is 17.8 Å². The van der Waals surface area contributed by atoms with E-state index >= 15 is 0 Å². The normalized spacial score (nSPS) is 30.7. The fourth-order valence-electron chi connectivity index (χ4n) is 3.71. The number of carbonyl (C=O) groups excluding carboxylic acids is 2. The molecule has 122 valence electrons. The van der Waals surface area contributed by atoms with Crippen LogP contribution >= 0.6 is 12.4 Å². The molecule has 2 bridgehead atoms. The van der Waals surface area contributed by atoms with E-state index in [-0.39, 0.29) is 48.3 Å². The Bertz CT molecular complexity index is 406. The number of hydrogen-bond donors (Lipinski definition) is 2. The molecule has 2 amide bonds. The van der Waals surface area contributed by atoms with E-state index < -0.39 is 0 Å². The third-order valence-electron chi connectivity index (χ3n) is 4.54. The van der Waals surface area contributed by atoms with Crippen molar-refractivity contribution in [3.63, 3.8) is 0 Å². The van der Waals surface area contributed by atoms with E-state index in [9.17, 15) is 9.59 Å². The van der Waals surface area contributed by atoms with Gasteiger partial charge in [0.2, 0.25) is 11.8 Å². The molecule has 21 heavy (non-hydrogen) atoms. The molecule has 6 heteroatoms. The molecule has 0 aliphatic heterocycles. The van der Waals surface area contributed by atoms with E-state index in [2.05, 4.69) is 5.32 Å². The molecule has 2 aliphatic rings.